The minimum absolute atomic E-state index is 0.0245. The molecule has 94 valence electrons. The van der Waals surface area contributed by atoms with Crippen LogP contribution in [0.25, 0.3) is 0 Å². The molecule has 0 spiro atoms. The monoisotopic (exact) mass is 297 g/mol. The van der Waals surface area contributed by atoms with Crippen LogP contribution in [0.5, 0.6) is 0 Å². The van der Waals surface area contributed by atoms with E-state index in [2.05, 4.69) is 28.2 Å². The highest BCUT2D eigenvalue weighted by Gasteiger charge is 2.04. The van der Waals surface area contributed by atoms with Crippen molar-refractivity contribution in [1.29, 1.82) is 0 Å². The summed E-state index contributed by atoms with van der Waals surface area (Å²) >= 11 is 3.45. The third-order valence-corrected chi connectivity index (χ3v) is 3.84. The number of benzene rings is 1. The summed E-state index contributed by atoms with van der Waals surface area (Å²) < 4.78 is 0. The Morgan fingerprint density at radius 3 is 2.59 bits per heavy atom. The van der Waals surface area contributed by atoms with Crippen molar-refractivity contribution in [1.82, 2.24) is 5.32 Å². The number of aryl methyl sites for hydroxylation is 1. The molecule has 1 rings (SSSR count). The lowest BCUT2D eigenvalue weighted by Crippen LogP contribution is -2.24. The summed E-state index contributed by atoms with van der Waals surface area (Å²) in [5.74, 6) is 0.697. The normalized spacial score (nSPS) is 12.2. The smallest absolute Gasteiger partial charge is 0.251 e. The molecule has 2 nitrogen and oxygen atoms in total. The van der Waals surface area contributed by atoms with E-state index in [-0.39, 0.29) is 5.91 Å². The third kappa shape index (κ3) is 5.35. The molecule has 3 heteroatoms. The molecule has 1 unspecified atom stereocenters. The Kier molecular flexibility index (Phi) is 6.27. The van der Waals surface area contributed by atoms with E-state index in [1.807, 2.05) is 31.2 Å². The number of nitrogens with one attached hydrogen (secondary N) is 1. The zero-order valence-electron chi connectivity index (χ0n) is 10.5. The van der Waals surface area contributed by atoms with Crippen molar-refractivity contribution in [2.24, 2.45) is 5.92 Å². The lowest BCUT2D eigenvalue weighted by atomic mass is 10.1. The highest BCUT2D eigenvalue weighted by Crippen LogP contribution is 2.08. The highest BCUT2D eigenvalue weighted by molar-refractivity contribution is 9.09. The molecular weight excluding hydrogens is 278 g/mol. The van der Waals surface area contributed by atoms with E-state index in [4.69, 9.17) is 0 Å². The Labute approximate surface area is 112 Å². The third-order valence-electron chi connectivity index (χ3n) is 2.74. The number of rotatable bonds is 6. The molecule has 0 aliphatic heterocycles. The van der Waals surface area contributed by atoms with Gasteiger partial charge in [0.05, 0.1) is 0 Å². The number of hydrogen-bond acceptors (Lipinski definition) is 1. The first-order chi connectivity index (χ1) is 8.13. The van der Waals surface area contributed by atoms with Crippen LogP contribution in [0.2, 0.25) is 0 Å². The van der Waals surface area contributed by atoms with Gasteiger partial charge in [0.2, 0.25) is 0 Å². The number of halogens is 1. The summed E-state index contributed by atoms with van der Waals surface area (Å²) in [6.45, 7) is 4.98. The van der Waals surface area contributed by atoms with Crippen molar-refractivity contribution in [2.75, 3.05) is 11.9 Å². The first kappa shape index (κ1) is 14.2. The van der Waals surface area contributed by atoms with E-state index < -0.39 is 0 Å². The number of carbonyl (C=O) groups excluding carboxylic acids is 1. The van der Waals surface area contributed by atoms with E-state index in [9.17, 15) is 4.79 Å². The van der Waals surface area contributed by atoms with Crippen LogP contribution in [0.3, 0.4) is 0 Å². The molecule has 0 aliphatic carbocycles. The summed E-state index contributed by atoms with van der Waals surface area (Å²) in [5, 5.41) is 3.97. The lowest BCUT2D eigenvalue weighted by Gasteiger charge is -2.08. The van der Waals surface area contributed by atoms with Gasteiger partial charge in [-0.15, -0.1) is 0 Å². The second-order valence-electron chi connectivity index (χ2n) is 4.52. The van der Waals surface area contributed by atoms with Crippen LogP contribution in [0, 0.1) is 12.8 Å². The molecule has 1 atom stereocenters. The van der Waals surface area contributed by atoms with Crippen LogP contribution in [0.4, 0.5) is 0 Å². The van der Waals surface area contributed by atoms with Crippen molar-refractivity contribution >= 4 is 21.8 Å². The fraction of sp³-hybridized carbons (Fsp3) is 0.500. The summed E-state index contributed by atoms with van der Waals surface area (Å²) in [4.78, 5) is 11.7. The molecule has 0 saturated heterocycles. The first-order valence-corrected chi connectivity index (χ1v) is 7.16. The van der Waals surface area contributed by atoms with Gasteiger partial charge >= 0.3 is 0 Å². The summed E-state index contributed by atoms with van der Waals surface area (Å²) in [6.07, 6.45) is 2.17. The van der Waals surface area contributed by atoms with Crippen LogP contribution in [0.1, 0.15) is 35.7 Å². The molecule has 17 heavy (non-hydrogen) atoms. The minimum atomic E-state index is 0.0245. The van der Waals surface area contributed by atoms with Gasteiger partial charge in [-0.3, -0.25) is 4.79 Å². The Bertz CT molecular complexity index is 348. The van der Waals surface area contributed by atoms with Gasteiger partial charge in [0, 0.05) is 17.4 Å². The van der Waals surface area contributed by atoms with Crippen LogP contribution in [0.15, 0.2) is 24.3 Å². The van der Waals surface area contributed by atoms with Crippen LogP contribution >= 0.6 is 15.9 Å². The molecule has 0 fully saturated rings. The Balaban J connectivity index is 2.28. The predicted molar refractivity (Wildman–Crippen MR) is 75.7 cm³/mol. The minimum Gasteiger partial charge on any atom is -0.352 e. The fourth-order valence-electron chi connectivity index (χ4n) is 1.54. The summed E-state index contributed by atoms with van der Waals surface area (Å²) in [7, 11) is 0. The quantitative estimate of drug-likeness (QED) is 0.631. The average Bonchev–Trinajstić information content (AvgIpc) is 2.34. The molecule has 0 aromatic heterocycles. The topological polar surface area (TPSA) is 29.1 Å². The summed E-state index contributed by atoms with van der Waals surface area (Å²) in [6, 6.07) is 7.65. The van der Waals surface area contributed by atoms with Gasteiger partial charge in [0.25, 0.3) is 5.91 Å². The Hall–Kier alpha value is -0.830. The maximum absolute atomic E-state index is 11.7. The molecular formula is C14H20BrNO. The molecule has 0 aliphatic rings. The van der Waals surface area contributed by atoms with Gasteiger partial charge in [0.15, 0.2) is 0 Å². The zero-order valence-corrected chi connectivity index (χ0v) is 12.1. The van der Waals surface area contributed by atoms with Crippen molar-refractivity contribution < 1.29 is 4.79 Å². The van der Waals surface area contributed by atoms with Gasteiger partial charge in [-0.1, -0.05) is 40.5 Å². The van der Waals surface area contributed by atoms with Gasteiger partial charge in [-0.05, 0) is 37.8 Å². The van der Waals surface area contributed by atoms with Gasteiger partial charge in [-0.25, -0.2) is 0 Å². The Morgan fingerprint density at radius 2 is 2.00 bits per heavy atom. The van der Waals surface area contributed by atoms with Crippen molar-refractivity contribution in [3.05, 3.63) is 35.4 Å². The second-order valence-corrected chi connectivity index (χ2v) is 5.17. The molecule has 0 radical (unpaired) electrons. The van der Waals surface area contributed by atoms with E-state index in [0.29, 0.717) is 5.92 Å². The maximum atomic E-state index is 11.7. The first-order valence-electron chi connectivity index (χ1n) is 6.04. The van der Waals surface area contributed by atoms with Crippen molar-refractivity contribution in [2.45, 2.75) is 26.7 Å². The van der Waals surface area contributed by atoms with E-state index >= 15 is 0 Å². The van der Waals surface area contributed by atoms with E-state index in [1.165, 1.54) is 5.56 Å². The van der Waals surface area contributed by atoms with Crippen LogP contribution in [-0.4, -0.2) is 17.8 Å². The largest absolute Gasteiger partial charge is 0.352 e. The van der Waals surface area contributed by atoms with Gasteiger partial charge in [0.1, 0.15) is 0 Å². The van der Waals surface area contributed by atoms with Gasteiger partial charge < -0.3 is 5.32 Å². The van der Waals surface area contributed by atoms with E-state index in [0.717, 1.165) is 30.3 Å². The number of hydrogen-bond donors (Lipinski definition) is 1. The van der Waals surface area contributed by atoms with Crippen molar-refractivity contribution in [3.8, 4) is 0 Å². The van der Waals surface area contributed by atoms with Gasteiger partial charge in [-0.2, -0.15) is 0 Å². The standard InChI is InChI=1S/C14H20BrNO/c1-11-5-7-13(8-6-11)14(17)16-9-3-4-12(2)10-15/h5-8,12H,3-4,9-10H2,1-2H3,(H,16,17). The number of amides is 1. The molecule has 0 heterocycles. The predicted octanol–water partition coefficient (Wildman–Crippen LogP) is 3.54. The second kappa shape index (κ2) is 7.49. The highest BCUT2D eigenvalue weighted by atomic mass is 79.9. The zero-order chi connectivity index (χ0) is 12.7. The SMILES string of the molecule is Cc1ccc(C(=O)NCCCC(C)CBr)cc1. The molecule has 1 N–H and O–H groups in total. The average molecular weight is 298 g/mol. The maximum Gasteiger partial charge on any atom is 0.251 e. The molecule has 0 bridgehead atoms. The molecule has 1 amide bonds. The fourth-order valence-corrected chi connectivity index (χ4v) is 1.86. The van der Waals surface area contributed by atoms with Crippen LogP contribution < -0.4 is 5.32 Å². The molecule has 1 aromatic carbocycles. The van der Waals surface area contributed by atoms with Crippen molar-refractivity contribution in [3.63, 3.8) is 0 Å². The Morgan fingerprint density at radius 1 is 1.35 bits per heavy atom. The number of alkyl halides is 1. The molecule has 0 saturated carbocycles. The molecule has 1 aromatic rings. The number of carbonyl (C=O) groups is 1. The lowest BCUT2D eigenvalue weighted by molar-refractivity contribution is 0.0952. The summed E-state index contributed by atoms with van der Waals surface area (Å²) in [5.41, 5.74) is 1.91. The van der Waals surface area contributed by atoms with E-state index in [1.54, 1.807) is 0 Å². The van der Waals surface area contributed by atoms with Crippen LogP contribution in [-0.2, 0) is 0 Å².